The molecule has 4 N–H and O–H groups in total. The number of hydrogen-bond donors (Lipinski definition) is 3. The van der Waals surface area contributed by atoms with Gasteiger partial charge in [0, 0.05) is 5.69 Å². The van der Waals surface area contributed by atoms with E-state index in [-0.39, 0.29) is 0 Å². The smallest absolute Gasteiger partial charge is 0.323 e. The molecule has 0 bridgehead atoms. The van der Waals surface area contributed by atoms with Crippen molar-refractivity contribution in [1.82, 2.24) is 4.98 Å². The zero-order valence-corrected chi connectivity index (χ0v) is 9.92. The van der Waals surface area contributed by atoms with E-state index in [1.807, 2.05) is 6.07 Å². The molecule has 1 heterocycles. The van der Waals surface area contributed by atoms with Gasteiger partial charge >= 0.3 is 6.03 Å². The fourth-order valence-electron chi connectivity index (χ4n) is 1.44. The summed E-state index contributed by atoms with van der Waals surface area (Å²) in [7, 11) is 0. The maximum absolute atomic E-state index is 11.7. The van der Waals surface area contributed by atoms with Gasteiger partial charge in [0.1, 0.15) is 5.82 Å². The van der Waals surface area contributed by atoms with Gasteiger partial charge in [0.05, 0.1) is 23.5 Å². The first-order chi connectivity index (χ1) is 9.17. The Balaban J connectivity index is 2.01. The number of benzene rings is 1. The Labute approximate surface area is 109 Å². The average Bonchev–Trinajstić information content (AvgIpc) is 2.41. The van der Waals surface area contributed by atoms with Crippen molar-refractivity contribution in [3.05, 3.63) is 48.2 Å². The van der Waals surface area contributed by atoms with Crippen molar-refractivity contribution in [2.75, 3.05) is 16.4 Å². The molecule has 19 heavy (non-hydrogen) atoms. The maximum atomic E-state index is 11.7. The van der Waals surface area contributed by atoms with E-state index < -0.39 is 6.03 Å². The van der Waals surface area contributed by atoms with Gasteiger partial charge in [-0.2, -0.15) is 5.26 Å². The predicted molar refractivity (Wildman–Crippen MR) is 72.4 cm³/mol. The summed E-state index contributed by atoms with van der Waals surface area (Å²) in [5.41, 5.74) is 6.99. The number of nitrogens with two attached hydrogens (primary N) is 1. The lowest BCUT2D eigenvalue weighted by Gasteiger charge is -2.07. The maximum Gasteiger partial charge on any atom is 0.323 e. The van der Waals surface area contributed by atoms with E-state index in [0.29, 0.717) is 22.8 Å². The predicted octanol–water partition coefficient (Wildman–Crippen LogP) is 2.18. The Bertz CT molecular complexity index is 630. The van der Waals surface area contributed by atoms with Crippen LogP contribution in [-0.4, -0.2) is 11.0 Å². The highest BCUT2D eigenvalue weighted by Gasteiger charge is 2.03. The number of urea groups is 1. The summed E-state index contributed by atoms with van der Waals surface area (Å²) < 4.78 is 0. The number of amides is 2. The quantitative estimate of drug-likeness (QED) is 0.762. The molecule has 0 saturated carbocycles. The standard InChI is InChI=1S/C13H11N5O/c14-7-9-2-1-3-10(6-9)17-13(19)18-11-4-5-12(15)16-8-11/h1-6,8H,(H2,15,16)(H2,17,18,19). The first-order valence-corrected chi connectivity index (χ1v) is 5.47. The van der Waals surface area contributed by atoms with Crippen LogP contribution < -0.4 is 16.4 Å². The van der Waals surface area contributed by atoms with Crippen molar-refractivity contribution >= 4 is 23.2 Å². The molecule has 1 aromatic heterocycles. The van der Waals surface area contributed by atoms with Crippen LogP contribution in [0.15, 0.2) is 42.6 Å². The molecule has 2 aromatic rings. The van der Waals surface area contributed by atoms with Gasteiger partial charge in [0.15, 0.2) is 0 Å². The van der Waals surface area contributed by atoms with Gasteiger partial charge in [-0.1, -0.05) is 6.07 Å². The van der Waals surface area contributed by atoms with E-state index in [9.17, 15) is 4.79 Å². The van der Waals surface area contributed by atoms with Crippen LogP contribution in [0.4, 0.5) is 22.0 Å². The highest BCUT2D eigenvalue weighted by molar-refractivity contribution is 5.99. The lowest BCUT2D eigenvalue weighted by molar-refractivity contribution is 0.262. The minimum Gasteiger partial charge on any atom is -0.384 e. The van der Waals surface area contributed by atoms with E-state index in [1.165, 1.54) is 6.20 Å². The van der Waals surface area contributed by atoms with Crippen LogP contribution in [0.2, 0.25) is 0 Å². The van der Waals surface area contributed by atoms with Crippen molar-refractivity contribution < 1.29 is 4.79 Å². The number of aromatic nitrogens is 1. The Morgan fingerprint density at radius 2 is 2.00 bits per heavy atom. The first-order valence-electron chi connectivity index (χ1n) is 5.47. The molecule has 0 saturated heterocycles. The van der Waals surface area contributed by atoms with E-state index in [2.05, 4.69) is 15.6 Å². The number of nitrogen functional groups attached to an aromatic ring is 1. The number of anilines is 3. The van der Waals surface area contributed by atoms with E-state index in [0.717, 1.165) is 0 Å². The summed E-state index contributed by atoms with van der Waals surface area (Å²) in [4.78, 5) is 15.6. The van der Waals surface area contributed by atoms with Crippen LogP contribution in [-0.2, 0) is 0 Å². The summed E-state index contributed by atoms with van der Waals surface area (Å²) in [6.07, 6.45) is 1.46. The number of pyridine rings is 1. The molecule has 0 aliphatic rings. The first kappa shape index (κ1) is 12.4. The molecule has 1 aromatic carbocycles. The molecule has 0 aliphatic heterocycles. The second kappa shape index (κ2) is 5.51. The van der Waals surface area contributed by atoms with Crippen molar-refractivity contribution in [2.24, 2.45) is 0 Å². The molecule has 94 valence electrons. The summed E-state index contributed by atoms with van der Waals surface area (Å²) in [6, 6.07) is 11.5. The van der Waals surface area contributed by atoms with E-state index >= 15 is 0 Å². The van der Waals surface area contributed by atoms with Gasteiger partial charge < -0.3 is 16.4 Å². The molecule has 6 nitrogen and oxygen atoms in total. The number of carbonyl (C=O) groups is 1. The van der Waals surface area contributed by atoms with Gasteiger partial charge in [-0.3, -0.25) is 0 Å². The van der Waals surface area contributed by atoms with Crippen LogP contribution in [0, 0.1) is 11.3 Å². The zero-order valence-electron chi connectivity index (χ0n) is 9.92. The SMILES string of the molecule is N#Cc1cccc(NC(=O)Nc2ccc(N)nc2)c1. The minimum atomic E-state index is -0.415. The second-order valence-corrected chi connectivity index (χ2v) is 3.74. The minimum absolute atomic E-state index is 0.382. The molecule has 0 radical (unpaired) electrons. The number of hydrogen-bond acceptors (Lipinski definition) is 4. The molecule has 0 fully saturated rings. The van der Waals surface area contributed by atoms with Gasteiger partial charge in [-0.05, 0) is 30.3 Å². The van der Waals surface area contributed by atoms with Crippen molar-refractivity contribution in [3.8, 4) is 6.07 Å². The van der Waals surface area contributed by atoms with E-state index in [4.69, 9.17) is 11.0 Å². The van der Waals surface area contributed by atoms with Crippen LogP contribution in [0.3, 0.4) is 0 Å². The zero-order chi connectivity index (χ0) is 13.7. The highest BCUT2D eigenvalue weighted by Crippen LogP contribution is 2.11. The summed E-state index contributed by atoms with van der Waals surface area (Å²) in [6.45, 7) is 0. The molecule has 2 amide bonds. The lowest BCUT2D eigenvalue weighted by Crippen LogP contribution is -2.19. The number of rotatable bonds is 2. The summed E-state index contributed by atoms with van der Waals surface area (Å²) in [5.74, 6) is 0.382. The highest BCUT2D eigenvalue weighted by atomic mass is 16.2. The lowest BCUT2D eigenvalue weighted by atomic mass is 10.2. The number of nitrogens with zero attached hydrogens (tertiary/aromatic N) is 2. The van der Waals surface area contributed by atoms with E-state index in [1.54, 1.807) is 36.4 Å². The number of nitriles is 1. The second-order valence-electron chi connectivity index (χ2n) is 3.74. The average molecular weight is 253 g/mol. The fraction of sp³-hybridized carbons (Fsp3) is 0. The van der Waals surface area contributed by atoms with Crippen LogP contribution in [0.25, 0.3) is 0 Å². The van der Waals surface area contributed by atoms with Crippen molar-refractivity contribution in [2.45, 2.75) is 0 Å². The van der Waals surface area contributed by atoms with Crippen LogP contribution in [0.1, 0.15) is 5.56 Å². The molecular weight excluding hydrogens is 242 g/mol. The Hall–Kier alpha value is -3.07. The van der Waals surface area contributed by atoms with Gasteiger partial charge in [-0.15, -0.1) is 0 Å². The third-order valence-corrected chi connectivity index (χ3v) is 2.29. The molecule has 0 aliphatic carbocycles. The number of carbonyl (C=O) groups excluding carboxylic acids is 1. The summed E-state index contributed by atoms with van der Waals surface area (Å²) >= 11 is 0. The Morgan fingerprint density at radius 3 is 2.68 bits per heavy atom. The monoisotopic (exact) mass is 253 g/mol. The Morgan fingerprint density at radius 1 is 1.21 bits per heavy atom. The molecule has 6 heteroatoms. The number of nitrogens with one attached hydrogen (secondary N) is 2. The van der Waals surface area contributed by atoms with Crippen LogP contribution in [0.5, 0.6) is 0 Å². The topological polar surface area (TPSA) is 104 Å². The molecule has 0 unspecified atom stereocenters. The summed E-state index contributed by atoms with van der Waals surface area (Å²) in [5, 5.41) is 14.0. The Kier molecular flexibility index (Phi) is 3.59. The normalized spacial score (nSPS) is 9.42. The third kappa shape index (κ3) is 3.44. The van der Waals surface area contributed by atoms with Gasteiger partial charge in [0.25, 0.3) is 0 Å². The van der Waals surface area contributed by atoms with Crippen molar-refractivity contribution in [3.63, 3.8) is 0 Å². The molecular formula is C13H11N5O. The molecule has 2 rings (SSSR count). The van der Waals surface area contributed by atoms with Gasteiger partial charge in [-0.25, -0.2) is 9.78 Å². The third-order valence-electron chi connectivity index (χ3n) is 2.29. The van der Waals surface area contributed by atoms with Crippen LogP contribution >= 0.6 is 0 Å². The molecule has 0 spiro atoms. The van der Waals surface area contributed by atoms with Gasteiger partial charge in [0.2, 0.25) is 0 Å². The van der Waals surface area contributed by atoms with Crippen molar-refractivity contribution in [1.29, 1.82) is 5.26 Å². The molecule has 0 atom stereocenters. The largest absolute Gasteiger partial charge is 0.384 e. The fourth-order valence-corrected chi connectivity index (χ4v) is 1.44.